The number of sulfonamides is 1. The Hall–Kier alpha value is -1.96. The Morgan fingerprint density at radius 3 is 2.65 bits per heavy atom. The second kappa shape index (κ2) is 6.47. The molecule has 1 aromatic carbocycles. The first-order valence-corrected chi connectivity index (χ1v) is 7.61. The van der Waals surface area contributed by atoms with Crippen LogP contribution in [0.2, 0.25) is 0 Å². The molecule has 0 fully saturated rings. The summed E-state index contributed by atoms with van der Waals surface area (Å²) in [5.74, 6) is 0.0165. The van der Waals surface area contributed by atoms with Crippen molar-refractivity contribution in [1.29, 1.82) is 0 Å². The lowest BCUT2D eigenvalue weighted by Crippen LogP contribution is -2.23. The number of methoxy groups -OCH3 is 1. The van der Waals surface area contributed by atoms with Crippen molar-refractivity contribution >= 4 is 21.5 Å². The average molecular weight is 301 g/mol. The molecule has 0 radical (unpaired) electrons. The van der Waals surface area contributed by atoms with E-state index in [1.165, 1.54) is 13.2 Å². The lowest BCUT2D eigenvalue weighted by atomic mass is 10.1. The molecule has 1 rings (SSSR count). The van der Waals surface area contributed by atoms with Gasteiger partial charge in [-0.1, -0.05) is 25.1 Å². The molecule has 1 aromatic rings. The van der Waals surface area contributed by atoms with E-state index in [1.807, 2.05) is 0 Å². The molecule has 112 valence electrons. The van der Waals surface area contributed by atoms with E-state index in [1.54, 1.807) is 26.0 Å². The molecule has 0 aliphatic carbocycles. The summed E-state index contributed by atoms with van der Waals surface area (Å²) < 4.78 is 31.6. The highest BCUT2D eigenvalue weighted by Gasteiger charge is 2.19. The molecule has 0 heterocycles. The largest absolute Gasteiger partial charge is 0.495 e. The Kier molecular flexibility index (Phi) is 5.20. The van der Waals surface area contributed by atoms with Gasteiger partial charge in [0.15, 0.2) is 5.84 Å². The predicted octanol–water partition coefficient (Wildman–Crippen LogP) is 1.19. The van der Waals surface area contributed by atoms with Gasteiger partial charge in [-0.2, -0.15) is 0 Å². The highest BCUT2D eigenvalue weighted by Crippen LogP contribution is 2.29. The lowest BCUT2D eigenvalue weighted by molar-refractivity contribution is 0.318. The zero-order valence-electron chi connectivity index (χ0n) is 11.6. The number of hydrogen-bond acceptors (Lipinski definition) is 5. The number of nitrogens with one attached hydrogen (secondary N) is 1. The topological polar surface area (TPSA) is 114 Å². The van der Waals surface area contributed by atoms with E-state index in [2.05, 4.69) is 9.88 Å². The monoisotopic (exact) mass is 301 g/mol. The van der Waals surface area contributed by atoms with E-state index >= 15 is 0 Å². The number of anilines is 1. The van der Waals surface area contributed by atoms with Crippen molar-refractivity contribution in [3.8, 4) is 5.75 Å². The maximum absolute atomic E-state index is 12.0. The van der Waals surface area contributed by atoms with Crippen molar-refractivity contribution < 1.29 is 18.4 Å². The molecule has 0 spiro atoms. The Balaban J connectivity index is 3.28. The minimum atomic E-state index is -3.55. The molecule has 0 bridgehead atoms. The number of hydrogen-bond donors (Lipinski definition) is 3. The average Bonchev–Trinajstić information content (AvgIpc) is 2.36. The highest BCUT2D eigenvalue weighted by atomic mass is 32.2. The van der Waals surface area contributed by atoms with Crippen LogP contribution in [0.1, 0.15) is 19.4 Å². The zero-order chi connectivity index (χ0) is 15.3. The fraction of sp³-hybridized carbons (Fsp3) is 0.417. The van der Waals surface area contributed by atoms with Gasteiger partial charge in [0.2, 0.25) is 10.0 Å². The molecule has 20 heavy (non-hydrogen) atoms. The van der Waals surface area contributed by atoms with Crippen LogP contribution in [0.25, 0.3) is 0 Å². The van der Waals surface area contributed by atoms with E-state index in [0.29, 0.717) is 5.75 Å². The molecule has 0 aliphatic heterocycles. The van der Waals surface area contributed by atoms with Crippen molar-refractivity contribution in [3.05, 3.63) is 23.8 Å². The van der Waals surface area contributed by atoms with Crippen LogP contribution in [0.4, 0.5) is 5.69 Å². The SMILES string of the molecule is COc1cccc(/C(N)=N/O)c1NS(=O)(=O)CC(C)C. The third-order valence-corrected chi connectivity index (χ3v) is 4.06. The van der Waals surface area contributed by atoms with Gasteiger partial charge in [0.1, 0.15) is 11.4 Å². The second-order valence-electron chi connectivity index (χ2n) is 4.65. The fourth-order valence-electron chi connectivity index (χ4n) is 1.71. The molecular formula is C12H19N3O4S. The number of nitrogens with zero attached hydrogens (tertiary/aromatic N) is 1. The van der Waals surface area contributed by atoms with Gasteiger partial charge in [0.05, 0.1) is 12.9 Å². The molecule has 0 atom stereocenters. The maximum atomic E-state index is 12.0. The minimum absolute atomic E-state index is 0.0329. The quantitative estimate of drug-likeness (QED) is 0.316. The predicted molar refractivity (Wildman–Crippen MR) is 77.8 cm³/mol. The Morgan fingerprint density at radius 2 is 2.15 bits per heavy atom. The molecule has 0 aromatic heterocycles. The number of amidine groups is 1. The van der Waals surface area contributed by atoms with Gasteiger partial charge in [-0.3, -0.25) is 4.72 Å². The van der Waals surface area contributed by atoms with Crippen LogP contribution < -0.4 is 15.2 Å². The molecule has 0 saturated heterocycles. The number of ether oxygens (including phenoxy) is 1. The first kappa shape index (κ1) is 16.1. The van der Waals surface area contributed by atoms with E-state index in [0.717, 1.165) is 0 Å². The smallest absolute Gasteiger partial charge is 0.233 e. The molecule has 0 saturated carbocycles. The third-order valence-electron chi connectivity index (χ3n) is 2.44. The van der Waals surface area contributed by atoms with Crippen molar-refractivity contribution in [3.63, 3.8) is 0 Å². The zero-order valence-corrected chi connectivity index (χ0v) is 12.4. The van der Waals surface area contributed by atoms with Gasteiger partial charge in [-0.05, 0) is 18.1 Å². The normalized spacial score (nSPS) is 12.5. The van der Waals surface area contributed by atoms with Gasteiger partial charge >= 0.3 is 0 Å². The summed E-state index contributed by atoms with van der Waals surface area (Å²) in [6.07, 6.45) is 0. The maximum Gasteiger partial charge on any atom is 0.233 e. The summed E-state index contributed by atoms with van der Waals surface area (Å²) in [6, 6.07) is 4.73. The van der Waals surface area contributed by atoms with Gasteiger partial charge in [0.25, 0.3) is 0 Å². The van der Waals surface area contributed by atoms with Gasteiger partial charge in [-0.25, -0.2) is 8.42 Å². The second-order valence-corrected chi connectivity index (χ2v) is 6.41. The van der Waals surface area contributed by atoms with Crippen molar-refractivity contribution in [2.75, 3.05) is 17.6 Å². The van der Waals surface area contributed by atoms with Crippen molar-refractivity contribution in [1.82, 2.24) is 0 Å². The standard InChI is InChI=1S/C12H19N3O4S/c1-8(2)7-20(17,18)15-11-9(12(13)14-16)5-4-6-10(11)19-3/h4-6,8,15-16H,7H2,1-3H3,(H2,13,14). The molecule has 0 aliphatic rings. The summed E-state index contributed by atoms with van der Waals surface area (Å²) in [4.78, 5) is 0. The number of para-hydroxylation sites is 1. The molecule has 8 heteroatoms. The summed E-state index contributed by atoms with van der Waals surface area (Å²) in [6.45, 7) is 3.60. The van der Waals surface area contributed by atoms with Crippen LogP contribution >= 0.6 is 0 Å². The van der Waals surface area contributed by atoms with E-state index in [4.69, 9.17) is 15.7 Å². The molecule has 0 amide bonds. The minimum Gasteiger partial charge on any atom is -0.495 e. The Labute approximate surface area is 118 Å². The first-order chi connectivity index (χ1) is 9.30. The van der Waals surface area contributed by atoms with Crippen LogP contribution in [0.5, 0.6) is 5.75 Å². The van der Waals surface area contributed by atoms with Gasteiger partial charge in [-0.15, -0.1) is 0 Å². The summed E-state index contributed by atoms with van der Waals surface area (Å²) in [5.41, 5.74) is 5.96. The Morgan fingerprint density at radius 1 is 1.50 bits per heavy atom. The summed E-state index contributed by atoms with van der Waals surface area (Å²) in [7, 11) is -2.14. The summed E-state index contributed by atoms with van der Waals surface area (Å²) in [5, 5.41) is 11.7. The van der Waals surface area contributed by atoms with Crippen LogP contribution in [-0.2, 0) is 10.0 Å². The van der Waals surface area contributed by atoms with E-state index in [9.17, 15) is 8.42 Å². The van der Waals surface area contributed by atoms with E-state index < -0.39 is 10.0 Å². The number of benzene rings is 1. The highest BCUT2D eigenvalue weighted by molar-refractivity contribution is 7.92. The fourth-order valence-corrected chi connectivity index (χ4v) is 3.19. The number of nitrogens with two attached hydrogens (primary N) is 1. The first-order valence-electron chi connectivity index (χ1n) is 5.96. The van der Waals surface area contributed by atoms with Crippen molar-refractivity contribution in [2.45, 2.75) is 13.8 Å². The number of oxime groups is 1. The third kappa shape index (κ3) is 4.02. The van der Waals surface area contributed by atoms with Crippen molar-refractivity contribution in [2.24, 2.45) is 16.8 Å². The van der Waals surface area contributed by atoms with E-state index in [-0.39, 0.29) is 28.8 Å². The van der Waals surface area contributed by atoms with Crippen LogP contribution in [-0.4, -0.2) is 32.3 Å². The van der Waals surface area contributed by atoms with Gasteiger partial charge in [0, 0.05) is 5.56 Å². The summed E-state index contributed by atoms with van der Waals surface area (Å²) >= 11 is 0. The molecule has 4 N–H and O–H groups in total. The molecule has 0 unspecified atom stereocenters. The lowest BCUT2D eigenvalue weighted by Gasteiger charge is -2.16. The Bertz CT molecular complexity index is 597. The molecular weight excluding hydrogens is 282 g/mol. The molecule has 7 nitrogen and oxygen atoms in total. The number of rotatable bonds is 6. The van der Waals surface area contributed by atoms with Gasteiger partial charge < -0.3 is 15.7 Å². The van der Waals surface area contributed by atoms with Crippen LogP contribution in [0.15, 0.2) is 23.4 Å². The van der Waals surface area contributed by atoms with Crippen LogP contribution in [0, 0.1) is 5.92 Å². The van der Waals surface area contributed by atoms with Crippen LogP contribution in [0.3, 0.4) is 0 Å².